The normalized spacial score (nSPS) is 10.6. The lowest BCUT2D eigenvalue weighted by molar-refractivity contribution is -0.384. The van der Waals surface area contributed by atoms with E-state index in [0.717, 1.165) is 23.2 Å². The largest absolute Gasteiger partial charge is 0.383 e. The van der Waals surface area contributed by atoms with Crippen molar-refractivity contribution in [1.29, 1.82) is 0 Å². The van der Waals surface area contributed by atoms with E-state index < -0.39 is 4.92 Å². The first kappa shape index (κ1) is 13.9. The van der Waals surface area contributed by atoms with Crippen LogP contribution in [0.5, 0.6) is 0 Å². The minimum Gasteiger partial charge on any atom is -0.383 e. The molecule has 2 N–H and O–H groups in total. The van der Waals surface area contributed by atoms with E-state index >= 15 is 0 Å². The van der Waals surface area contributed by atoms with E-state index in [9.17, 15) is 10.1 Å². The number of hydrogen-bond acceptors (Lipinski definition) is 5. The van der Waals surface area contributed by atoms with Crippen molar-refractivity contribution in [2.24, 2.45) is 0 Å². The van der Waals surface area contributed by atoms with E-state index in [1.807, 2.05) is 20.8 Å². The average molecular weight is 272 g/mol. The fourth-order valence-electron chi connectivity index (χ4n) is 2.14. The molecule has 0 aliphatic carbocycles. The Bertz CT molecular complexity index is 660. The summed E-state index contributed by atoms with van der Waals surface area (Å²) in [7, 11) is 0. The SMILES string of the molecule is CCc1c(C)nc(-c2cc([N+](=O)[O-])ccc2C)nc1N. The zero-order valence-corrected chi connectivity index (χ0v) is 11.7. The summed E-state index contributed by atoms with van der Waals surface area (Å²) in [4.78, 5) is 19.1. The Labute approximate surface area is 116 Å². The van der Waals surface area contributed by atoms with Crippen LogP contribution in [0.4, 0.5) is 11.5 Å². The second kappa shape index (κ2) is 5.24. The van der Waals surface area contributed by atoms with Crippen LogP contribution in [0.2, 0.25) is 0 Å². The first-order valence-corrected chi connectivity index (χ1v) is 6.32. The van der Waals surface area contributed by atoms with Crippen LogP contribution in [0.25, 0.3) is 11.4 Å². The van der Waals surface area contributed by atoms with Gasteiger partial charge in [0.2, 0.25) is 0 Å². The number of anilines is 1. The quantitative estimate of drug-likeness (QED) is 0.684. The van der Waals surface area contributed by atoms with Crippen LogP contribution in [0.1, 0.15) is 23.7 Å². The lowest BCUT2D eigenvalue weighted by Gasteiger charge is -2.10. The molecule has 6 nitrogen and oxygen atoms in total. The van der Waals surface area contributed by atoms with E-state index in [-0.39, 0.29) is 5.69 Å². The van der Waals surface area contributed by atoms with Crippen LogP contribution in [0.3, 0.4) is 0 Å². The molecule has 104 valence electrons. The van der Waals surface area contributed by atoms with Gasteiger partial charge in [-0.1, -0.05) is 13.0 Å². The highest BCUT2D eigenvalue weighted by atomic mass is 16.6. The molecule has 0 radical (unpaired) electrons. The molecule has 0 fully saturated rings. The van der Waals surface area contributed by atoms with Gasteiger partial charge in [-0.15, -0.1) is 0 Å². The zero-order valence-electron chi connectivity index (χ0n) is 11.7. The van der Waals surface area contributed by atoms with Crippen molar-refractivity contribution in [3.8, 4) is 11.4 Å². The van der Waals surface area contributed by atoms with Crippen LogP contribution in [0, 0.1) is 24.0 Å². The van der Waals surface area contributed by atoms with Crippen LogP contribution in [-0.2, 0) is 6.42 Å². The van der Waals surface area contributed by atoms with Gasteiger partial charge in [-0.25, -0.2) is 9.97 Å². The molecule has 0 spiro atoms. The molecule has 0 atom stereocenters. The van der Waals surface area contributed by atoms with Gasteiger partial charge in [0, 0.05) is 29.0 Å². The lowest BCUT2D eigenvalue weighted by Crippen LogP contribution is -2.05. The Morgan fingerprint density at radius 2 is 2.00 bits per heavy atom. The predicted molar refractivity (Wildman–Crippen MR) is 77.4 cm³/mol. The van der Waals surface area contributed by atoms with E-state index in [2.05, 4.69) is 9.97 Å². The van der Waals surface area contributed by atoms with Crippen LogP contribution >= 0.6 is 0 Å². The molecular formula is C14H16N4O2. The van der Waals surface area contributed by atoms with Gasteiger partial charge in [0.15, 0.2) is 5.82 Å². The molecule has 0 amide bonds. The molecule has 2 aromatic rings. The molecule has 1 aromatic heterocycles. The first-order valence-electron chi connectivity index (χ1n) is 6.32. The summed E-state index contributed by atoms with van der Waals surface area (Å²) in [6, 6.07) is 4.64. The summed E-state index contributed by atoms with van der Waals surface area (Å²) < 4.78 is 0. The van der Waals surface area contributed by atoms with Crippen molar-refractivity contribution in [1.82, 2.24) is 9.97 Å². The number of aromatic nitrogens is 2. The third-order valence-electron chi connectivity index (χ3n) is 3.27. The second-order valence-electron chi connectivity index (χ2n) is 4.61. The zero-order chi connectivity index (χ0) is 14.9. The number of nitrogens with two attached hydrogens (primary N) is 1. The fourth-order valence-corrected chi connectivity index (χ4v) is 2.14. The van der Waals surface area contributed by atoms with Gasteiger partial charge >= 0.3 is 0 Å². The van der Waals surface area contributed by atoms with E-state index in [1.54, 1.807) is 6.07 Å². The van der Waals surface area contributed by atoms with E-state index in [4.69, 9.17) is 5.73 Å². The van der Waals surface area contributed by atoms with Crippen molar-refractivity contribution >= 4 is 11.5 Å². The van der Waals surface area contributed by atoms with Gasteiger partial charge < -0.3 is 5.73 Å². The maximum absolute atomic E-state index is 10.9. The fraction of sp³-hybridized carbons (Fsp3) is 0.286. The smallest absolute Gasteiger partial charge is 0.270 e. The molecule has 0 aliphatic heterocycles. The molecule has 6 heteroatoms. The van der Waals surface area contributed by atoms with Crippen molar-refractivity contribution in [3.05, 3.63) is 45.1 Å². The minimum atomic E-state index is -0.431. The second-order valence-corrected chi connectivity index (χ2v) is 4.61. The molecule has 0 aliphatic rings. The highest BCUT2D eigenvalue weighted by molar-refractivity contribution is 5.65. The van der Waals surface area contributed by atoms with E-state index in [1.165, 1.54) is 12.1 Å². The van der Waals surface area contributed by atoms with Crippen molar-refractivity contribution < 1.29 is 4.92 Å². The molecule has 20 heavy (non-hydrogen) atoms. The Balaban J connectivity index is 2.62. The highest BCUT2D eigenvalue weighted by Gasteiger charge is 2.14. The third kappa shape index (κ3) is 2.45. The van der Waals surface area contributed by atoms with Gasteiger partial charge in [0.1, 0.15) is 5.82 Å². The first-order chi connectivity index (χ1) is 9.43. The number of non-ortho nitro benzene ring substituents is 1. The third-order valence-corrected chi connectivity index (χ3v) is 3.27. The monoisotopic (exact) mass is 272 g/mol. The Hall–Kier alpha value is -2.50. The maximum atomic E-state index is 10.9. The summed E-state index contributed by atoms with van der Waals surface area (Å²) in [6.45, 7) is 5.72. The molecule has 2 rings (SSSR count). The summed E-state index contributed by atoms with van der Waals surface area (Å²) in [5, 5.41) is 10.9. The number of hydrogen-bond donors (Lipinski definition) is 1. The number of nitrogen functional groups attached to an aromatic ring is 1. The summed E-state index contributed by atoms with van der Waals surface area (Å²) >= 11 is 0. The van der Waals surface area contributed by atoms with E-state index in [0.29, 0.717) is 17.2 Å². The lowest BCUT2D eigenvalue weighted by atomic mass is 10.1. The summed E-state index contributed by atoms with van der Waals surface area (Å²) in [5.41, 5.74) is 9.18. The van der Waals surface area contributed by atoms with Gasteiger partial charge in [-0.3, -0.25) is 10.1 Å². The summed E-state index contributed by atoms with van der Waals surface area (Å²) in [5.74, 6) is 0.860. The van der Waals surface area contributed by atoms with Crippen molar-refractivity contribution in [2.45, 2.75) is 27.2 Å². The summed E-state index contributed by atoms with van der Waals surface area (Å²) in [6.07, 6.45) is 0.756. The standard InChI is InChI=1S/C14H16N4O2/c1-4-11-9(3)16-14(17-13(11)15)12-7-10(18(19)20)6-5-8(12)2/h5-7H,4H2,1-3H3,(H2,15,16,17). The molecule has 0 saturated carbocycles. The average Bonchev–Trinajstić information content (AvgIpc) is 2.38. The molecule has 0 bridgehead atoms. The number of nitrogens with zero attached hydrogens (tertiary/aromatic N) is 3. The minimum absolute atomic E-state index is 0.0185. The maximum Gasteiger partial charge on any atom is 0.270 e. The van der Waals surface area contributed by atoms with Crippen LogP contribution in [0.15, 0.2) is 18.2 Å². The molecule has 0 unspecified atom stereocenters. The van der Waals surface area contributed by atoms with Gasteiger partial charge in [-0.05, 0) is 25.8 Å². The van der Waals surface area contributed by atoms with Gasteiger partial charge in [-0.2, -0.15) is 0 Å². The Morgan fingerprint density at radius 1 is 1.30 bits per heavy atom. The topological polar surface area (TPSA) is 94.9 Å². The van der Waals surface area contributed by atoms with Gasteiger partial charge in [0.05, 0.1) is 4.92 Å². The predicted octanol–water partition coefficient (Wildman–Crippen LogP) is 2.81. The number of nitro benzene ring substituents is 1. The molecule has 1 heterocycles. The molecule has 1 aromatic carbocycles. The number of nitro groups is 1. The Morgan fingerprint density at radius 3 is 2.55 bits per heavy atom. The number of rotatable bonds is 3. The molecule has 0 saturated heterocycles. The number of aryl methyl sites for hydroxylation is 2. The number of benzene rings is 1. The van der Waals surface area contributed by atoms with Crippen molar-refractivity contribution in [2.75, 3.05) is 5.73 Å². The highest BCUT2D eigenvalue weighted by Crippen LogP contribution is 2.27. The van der Waals surface area contributed by atoms with Crippen LogP contribution < -0.4 is 5.73 Å². The van der Waals surface area contributed by atoms with Crippen LogP contribution in [-0.4, -0.2) is 14.9 Å². The van der Waals surface area contributed by atoms with Crippen molar-refractivity contribution in [3.63, 3.8) is 0 Å². The van der Waals surface area contributed by atoms with Gasteiger partial charge in [0.25, 0.3) is 5.69 Å². The molecular weight excluding hydrogens is 256 g/mol. The Kier molecular flexibility index (Phi) is 3.65.